The molecule has 1 aliphatic rings. The van der Waals surface area contributed by atoms with E-state index in [2.05, 4.69) is 59.3 Å². The highest BCUT2D eigenvalue weighted by Gasteiger charge is 2.44. The molecule has 17 heavy (non-hydrogen) atoms. The second kappa shape index (κ2) is 6.71. The Morgan fingerprint density at radius 2 is 2.00 bits per heavy atom. The van der Waals surface area contributed by atoms with E-state index < -0.39 is 8.32 Å². The zero-order valence-electron chi connectivity index (χ0n) is 11.8. The molecule has 0 spiro atoms. The lowest BCUT2D eigenvalue weighted by Crippen LogP contribution is -2.46. The first-order chi connectivity index (χ1) is 7.93. The van der Waals surface area contributed by atoms with Crippen LogP contribution in [0.5, 0.6) is 0 Å². The quantitative estimate of drug-likeness (QED) is 0.426. The summed E-state index contributed by atoms with van der Waals surface area (Å²) < 4.78 is 8.58. The number of halogens is 1. The summed E-state index contributed by atoms with van der Waals surface area (Å²) in [5.41, 5.74) is 0.470. The molecule has 3 heteroatoms. The Balaban J connectivity index is 2.72. The zero-order chi connectivity index (χ0) is 12.9. The van der Waals surface area contributed by atoms with Gasteiger partial charge < -0.3 is 4.43 Å². The zero-order valence-corrected chi connectivity index (χ0v) is 14.9. The second-order valence-electron chi connectivity index (χ2n) is 6.29. The van der Waals surface area contributed by atoms with Crippen molar-refractivity contribution in [3.63, 3.8) is 0 Å². The van der Waals surface area contributed by atoms with E-state index >= 15 is 0 Å². The largest absolute Gasteiger partial charge is 0.411 e. The van der Waals surface area contributed by atoms with Gasteiger partial charge in [0.05, 0.1) is 6.10 Å². The van der Waals surface area contributed by atoms with Gasteiger partial charge in [-0.2, -0.15) is 0 Å². The van der Waals surface area contributed by atoms with Gasteiger partial charge >= 0.3 is 0 Å². The molecule has 1 aliphatic carbocycles. The van der Waals surface area contributed by atoms with Gasteiger partial charge in [0.2, 0.25) is 0 Å². The molecule has 0 aliphatic heterocycles. The van der Waals surface area contributed by atoms with Crippen molar-refractivity contribution >= 4 is 30.9 Å². The van der Waals surface area contributed by atoms with Gasteiger partial charge in [-0.15, -0.1) is 0 Å². The highest BCUT2D eigenvalue weighted by Crippen LogP contribution is 2.50. The fraction of sp³-hybridized carbons (Fsp3) is 0.857. The minimum absolute atomic E-state index is 0.367. The van der Waals surface area contributed by atoms with Crippen LogP contribution in [0.4, 0.5) is 0 Å². The second-order valence-corrected chi connectivity index (χ2v) is 11.5. The monoisotopic (exact) mass is 366 g/mol. The highest BCUT2D eigenvalue weighted by atomic mass is 127. The van der Waals surface area contributed by atoms with E-state index in [1.165, 1.54) is 38.5 Å². The van der Waals surface area contributed by atoms with Gasteiger partial charge in [0.15, 0.2) is 8.32 Å². The van der Waals surface area contributed by atoms with Crippen molar-refractivity contribution in [3.05, 3.63) is 10.2 Å². The Kier molecular flexibility index (Phi) is 6.20. The van der Waals surface area contributed by atoms with E-state index in [4.69, 9.17) is 4.43 Å². The third kappa shape index (κ3) is 4.67. The molecule has 100 valence electrons. The molecule has 0 heterocycles. The first-order valence-corrected chi connectivity index (χ1v) is 11.5. The van der Waals surface area contributed by atoms with Crippen molar-refractivity contribution in [2.45, 2.75) is 71.2 Å². The van der Waals surface area contributed by atoms with E-state index in [1.807, 2.05) is 0 Å². The van der Waals surface area contributed by atoms with Crippen molar-refractivity contribution in [1.29, 1.82) is 0 Å². The van der Waals surface area contributed by atoms with Crippen LogP contribution in [0.1, 0.15) is 45.4 Å². The number of hydrogen-bond acceptors (Lipinski definition) is 1. The average molecular weight is 366 g/mol. The van der Waals surface area contributed by atoms with Gasteiger partial charge in [-0.05, 0) is 48.4 Å². The predicted octanol–water partition coefficient (Wildman–Crippen LogP) is 5.52. The smallest absolute Gasteiger partial charge is 0.184 e. The Bertz CT molecular complexity index is 253. The van der Waals surface area contributed by atoms with Gasteiger partial charge in [0.25, 0.3) is 0 Å². The molecule has 1 rings (SSSR count). The lowest BCUT2D eigenvalue weighted by Gasteiger charge is -2.48. The lowest BCUT2D eigenvalue weighted by atomic mass is 9.62. The van der Waals surface area contributed by atoms with Gasteiger partial charge in [-0.3, -0.25) is 0 Å². The molecule has 0 aromatic heterocycles. The first kappa shape index (κ1) is 15.7. The summed E-state index contributed by atoms with van der Waals surface area (Å²) >= 11 is 2.33. The van der Waals surface area contributed by atoms with Crippen LogP contribution in [-0.2, 0) is 4.43 Å². The maximum atomic E-state index is 6.43. The fourth-order valence-corrected chi connectivity index (χ4v) is 4.12. The van der Waals surface area contributed by atoms with Crippen molar-refractivity contribution in [2.75, 3.05) is 0 Å². The molecule has 0 amide bonds. The molecule has 1 saturated carbocycles. The summed E-state index contributed by atoms with van der Waals surface area (Å²) in [5, 5.41) is 0. The van der Waals surface area contributed by atoms with Gasteiger partial charge in [0.1, 0.15) is 0 Å². The van der Waals surface area contributed by atoms with Crippen LogP contribution >= 0.6 is 22.6 Å². The van der Waals surface area contributed by atoms with Gasteiger partial charge in [-0.1, -0.05) is 54.9 Å². The minimum atomic E-state index is -1.44. The van der Waals surface area contributed by atoms with Crippen molar-refractivity contribution < 1.29 is 4.43 Å². The summed E-state index contributed by atoms with van der Waals surface area (Å²) in [6.45, 7) is 9.18. The van der Waals surface area contributed by atoms with E-state index in [0.717, 1.165) is 0 Å². The van der Waals surface area contributed by atoms with Crippen LogP contribution in [0.2, 0.25) is 19.6 Å². The Morgan fingerprint density at radius 3 is 2.35 bits per heavy atom. The molecule has 0 saturated heterocycles. The predicted molar refractivity (Wildman–Crippen MR) is 87.2 cm³/mol. The van der Waals surface area contributed by atoms with E-state index in [0.29, 0.717) is 11.5 Å². The van der Waals surface area contributed by atoms with Crippen LogP contribution in [0, 0.1) is 5.41 Å². The fourth-order valence-electron chi connectivity index (χ4n) is 2.65. The summed E-state index contributed by atoms with van der Waals surface area (Å²) in [5.74, 6) is 0. The standard InChI is InChI=1S/C14H27IOSi/c1-5-6-9-14(10-7-11-14)13(8-12-15)16-17(2,3)4/h8,12-13H,5-7,9-11H2,1-4H3/b12-8+/t13-/m1/s1. The van der Waals surface area contributed by atoms with Crippen molar-refractivity contribution in [1.82, 2.24) is 0 Å². The van der Waals surface area contributed by atoms with Gasteiger partial charge in [-0.25, -0.2) is 0 Å². The highest BCUT2D eigenvalue weighted by molar-refractivity contribution is 14.1. The van der Waals surface area contributed by atoms with Crippen LogP contribution in [0.25, 0.3) is 0 Å². The van der Waals surface area contributed by atoms with Gasteiger partial charge in [0, 0.05) is 0 Å². The maximum absolute atomic E-state index is 6.43. The molecule has 0 radical (unpaired) electrons. The Hall–Kier alpha value is 0.647. The molecule has 0 aromatic rings. The molecule has 0 bridgehead atoms. The van der Waals surface area contributed by atoms with E-state index in [9.17, 15) is 0 Å². The SMILES string of the molecule is CCCCC1([C@@H](/C=C/I)O[Si](C)(C)C)CCC1. The summed E-state index contributed by atoms with van der Waals surface area (Å²) in [6, 6.07) is 0. The molecular formula is C14H27IOSi. The van der Waals surface area contributed by atoms with Crippen molar-refractivity contribution in [3.8, 4) is 0 Å². The number of hydrogen-bond donors (Lipinski definition) is 0. The summed E-state index contributed by atoms with van der Waals surface area (Å²) in [6.07, 6.45) is 10.8. The summed E-state index contributed by atoms with van der Waals surface area (Å²) in [7, 11) is -1.44. The number of rotatable bonds is 7. The van der Waals surface area contributed by atoms with Crippen LogP contribution in [0.15, 0.2) is 10.2 Å². The Labute approximate surface area is 122 Å². The minimum Gasteiger partial charge on any atom is -0.411 e. The average Bonchev–Trinajstić information content (AvgIpc) is 2.14. The van der Waals surface area contributed by atoms with Crippen LogP contribution in [-0.4, -0.2) is 14.4 Å². The van der Waals surface area contributed by atoms with Crippen molar-refractivity contribution in [2.24, 2.45) is 5.41 Å². The third-order valence-corrected chi connectivity index (χ3v) is 5.09. The topological polar surface area (TPSA) is 9.23 Å². The van der Waals surface area contributed by atoms with E-state index in [1.54, 1.807) is 0 Å². The molecule has 1 atom stereocenters. The van der Waals surface area contributed by atoms with Crippen LogP contribution < -0.4 is 0 Å². The Morgan fingerprint density at radius 1 is 1.35 bits per heavy atom. The number of unbranched alkanes of at least 4 members (excludes halogenated alkanes) is 1. The molecule has 0 N–H and O–H groups in total. The van der Waals surface area contributed by atoms with E-state index in [-0.39, 0.29) is 0 Å². The maximum Gasteiger partial charge on any atom is 0.184 e. The lowest BCUT2D eigenvalue weighted by molar-refractivity contribution is -0.00330. The first-order valence-electron chi connectivity index (χ1n) is 6.88. The summed E-state index contributed by atoms with van der Waals surface area (Å²) in [4.78, 5) is 0. The van der Waals surface area contributed by atoms with Crippen LogP contribution in [0.3, 0.4) is 0 Å². The molecular weight excluding hydrogens is 339 g/mol. The normalized spacial score (nSPS) is 21.5. The molecule has 1 nitrogen and oxygen atoms in total. The molecule has 0 unspecified atom stereocenters. The molecule has 1 fully saturated rings. The third-order valence-electron chi connectivity index (χ3n) is 3.71. The molecule has 0 aromatic carbocycles.